The zero-order valence-electron chi connectivity index (χ0n) is 15.7. The van der Waals surface area contributed by atoms with Gasteiger partial charge in [-0.1, -0.05) is 24.4 Å². The number of hydrogen-bond donors (Lipinski definition) is 1. The van der Waals surface area contributed by atoms with Crippen molar-refractivity contribution in [2.45, 2.75) is 45.1 Å². The second-order valence-electron chi connectivity index (χ2n) is 7.20. The van der Waals surface area contributed by atoms with Crippen molar-refractivity contribution in [2.24, 2.45) is 11.8 Å². The average Bonchev–Trinajstić information content (AvgIpc) is 2.92. The molecule has 3 amide bonds. The molecule has 8 heteroatoms. The number of esters is 1. The highest BCUT2D eigenvalue weighted by Gasteiger charge is 2.47. The number of likely N-dealkylation sites (tertiary alicyclic amines) is 1. The minimum atomic E-state index is -1.00. The van der Waals surface area contributed by atoms with Crippen LogP contribution >= 0.6 is 11.6 Å². The van der Waals surface area contributed by atoms with Crippen molar-refractivity contribution >= 4 is 41.0 Å². The summed E-state index contributed by atoms with van der Waals surface area (Å²) in [5.74, 6) is -1.95. The highest BCUT2D eigenvalue weighted by molar-refractivity contribution is 6.30. The molecule has 1 heterocycles. The normalized spacial score (nSPS) is 22.6. The summed E-state index contributed by atoms with van der Waals surface area (Å²) < 4.78 is 5.13. The van der Waals surface area contributed by atoms with Crippen molar-refractivity contribution in [1.82, 2.24) is 4.90 Å². The van der Waals surface area contributed by atoms with Gasteiger partial charge in [-0.2, -0.15) is 0 Å². The van der Waals surface area contributed by atoms with Gasteiger partial charge in [-0.15, -0.1) is 0 Å². The van der Waals surface area contributed by atoms with E-state index in [1.807, 2.05) is 0 Å². The Labute approximate surface area is 168 Å². The monoisotopic (exact) mass is 406 g/mol. The molecule has 2 fully saturated rings. The van der Waals surface area contributed by atoms with Gasteiger partial charge in [0.15, 0.2) is 6.10 Å². The number of hydrogen-bond acceptors (Lipinski definition) is 5. The van der Waals surface area contributed by atoms with E-state index in [-0.39, 0.29) is 36.6 Å². The molecule has 1 N–H and O–H groups in total. The molecule has 0 aromatic heterocycles. The van der Waals surface area contributed by atoms with Crippen molar-refractivity contribution in [1.29, 1.82) is 0 Å². The summed E-state index contributed by atoms with van der Waals surface area (Å²) >= 11 is 5.79. The summed E-state index contributed by atoms with van der Waals surface area (Å²) in [5, 5.41) is 3.17. The van der Waals surface area contributed by atoms with E-state index >= 15 is 0 Å². The largest absolute Gasteiger partial charge is 0.452 e. The number of nitrogens with zero attached hydrogens (tertiary/aromatic N) is 1. The van der Waals surface area contributed by atoms with Crippen LogP contribution in [0.3, 0.4) is 0 Å². The van der Waals surface area contributed by atoms with E-state index in [1.54, 1.807) is 24.3 Å². The third kappa shape index (κ3) is 4.52. The highest BCUT2D eigenvalue weighted by atomic mass is 35.5. The Morgan fingerprint density at radius 2 is 1.71 bits per heavy atom. The molecular formula is C20H23ClN2O5. The minimum absolute atomic E-state index is 0.00494. The Hall–Kier alpha value is -2.41. The lowest BCUT2D eigenvalue weighted by molar-refractivity contribution is -0.154. The Bertz CT molecular complexity index is 755. The first kappa shape index (κ1) is 20.3. The lowest BCUT2D eigenvalue weighted by Crippen LogP contribution is -2.35. The summed E-state index contributed by atoms with van der Waals surface area (Å²) in [6, 6.07) is 6.54. The van der Waals surface area contributed by atoms with Gasteiger partial charge in [0.1, 0.15) is 0 Å². The molecule has 0 radical (unpaired) electrons. The first-order valence-corrected chi connectivity index (χ1v) is 9.85. The van der Waals surface area contributed by atoms with Gasteiger partial charge in [0.25, 0.3) is 5.91 Å². The Morgan fingerprint density at radius 3 is 2.29 bits per heavy atom. The third-order valence-electron chi connectivity index (χ3n) is 5.26. The predicted octanol–water partition coefficient (Wildman–Crippen LogP) is 2.78. The molecule has 1 aromatic rings. The van der Waals surface area contributed by atoms with Crippen LogP contribution in [-0.2, 0) is 23.9 Å². The number of halogens is 1. The van der Waals surface area contributed by atoms with Crippen LogP contribution in [0.4, 0.5) is 5.69 Å². The van der Waals surface area contributed by atoms with Crippen LogP contribution < -0.4 is 5.32 Å². The lowest BCUT2D eigenvalue weighted by atomic mass is 9.81. The predicted molar refractivity (Wildman–Crippen MR) is 102 cm³/mol. The van der Waals surface area contributed by atoms with Crippen LogP contribution in [0, 0.1) is 11.8 Å². The van der Waals surface area contributed by atoms with E-state index in [9.17, 15) is 19.2 Å². The second kappa shape index (κ2) is 8.73. The smallest absolute Gasteiger partial charge is 0.308 e. The number of benzene rings is 1. The number of amides is 3. The van der Waals surface area contributed by atoms with E-state index in [2.05, 4.69) is 5.32 Å². The SMILES string of the molecule is C[C@H](OC(=O)CCN1C(=O)[C@H]2CCCC[C@H]2C1=O)C(=O)Nc1ccc(Cl)cc1. The Kier molecular flexibility index (Phi) is 6.34. The number of carbonyl (C=O) groups excluding carboxylic acids is 4. The van der Waals surface area contributed by atoms with Crippen molar-refractivity contribution in [2.75, 3.05) is 11.9 Å². The first-order chi connectivity index (χ1) is 13.4. The first-order valence-electron chi connectivity index (χ1n) is 9.48. The molecule has 7 nitrogen and oxygen atoms in total. The van der Waals surface area contributed by atoms with Crippen LogP contribution in [0.25, 0.3) is 0 Å². The van der Waals surface area contributed by atoms with Gasteiger partial charge in [-0.25, -0.2) is 0 Å². The Balaban J connectivity index is 1.47. The summed E-state index contributed by atoms with van der Waals surface area (Å²) in [4.78, 5) is 50.2. The Morgan fingerprint density at radius 1 is 1.14 bits per heavy atom. The molecule has 150 valence electrons. The van der Waals surface area contributed by atoms with E-state index in [0.29, 0.717) is 10.7 Å². The summed E-state index contributed by atoms with van der Waals surface area (Å²) in [5.41, 5.74) is 0.535. The summed E-state index contributed by atoms with van der Waals surface area (Å²) in [7, 11) is 0. The number of fused-ring (bicyclic) bond motifs is 1. The minimum Gasteiger partial charge on any atom is -0.452 e. The zero-order chi connectivity index (χ0) is 20.3. The highest BCUT2D eigenvalue weighted by Crippen LogP contribution is 2.37. The lowest BCUT2D eigenvalue weighted by Gasteiger charge is -2.19. The van der Waals surface area contributed by atoms with Gasteiger partial charge in [-0.05, 0) is 44.0 Å². The average molecular weight is 407 g/mol. The van der Waals surface area contributed by atoms with Crippen LogP contribution in [0.5, 0.6) is 0 Å². The topological polar surface area (TPSA) is 92.8 Å². The second-order valence-corrected chi connectivity index (χ2v) is 7.64. The third-order valence-corrected chi connectivity index (χ3v) is 5.51. The molecule has 1 aliphatic heterocycles. The quantitative estimate of drug-likeness (QED) is 0.579. The number of imide groups is 1. The molecule has 3 rings (SSSR count). The molecule has 0 spiro atoms. The van der Waals surface area contributed by atoms with Crippen molar-refractivity contribution in [3.05, 3.63) is 29.3 Å². The molecule has 1 aromatic carbocycles. The number of nitrogens with one attached hydrogen (secondary N) is 1. The maximum atomic E-state index is 12.4. The number of ether oxygens (including phenoxy) is 1. The van der Waals surface area contributed by atoms with Gasteiger partial charge in [0.2, 0.25) is 11.8 Å². The fraction of sp³-hybridized carbons (Fsp3) is 0.500. The van der Waals surface area contributed by atoms with E-state index < -0.39 is 18.0 Å². The van der Waals surface area contributed by atoms with E-state index in [4.69, 9.17) is 16.3 Å². The van der Waals surface area contributed by atoms with Crippen molar-refractivity contribution in [3.63, 3.8) is 0 Å². The molecule has 28 heavy (non-hydrogen) atoms. The van der Waals surface area contributed by atoms with Gasteiger partial charge >= 0.3 is 5.97 Å². The standard InChI is InChI=1S/C20H23ClN2O5/c1-12(18(25)22-14-8-6-13(21)7-9-14)28-17(24)10-11-23-19(26)15-4-2-3-5-16(15)20(23)27/h6-9,12,15-16H,2-5,10-11H2,1H3,(H,22,25)/t12-,15-,16+/m0/s1. The van der Waals surface area contributed by atoms with Crippen LogP contribution in [0.2, 0.25) is 5.02 Å². The molecule has 1 saturated heterocycles. The number of rotatable bonds is 6. The number of carbonyl (C=O) groups is 4. The zero-order valence-corrected chi connectivity index (χ0v) is 16.4. The fourth-order valence-electron chi connectivity index (χ4n) is 3.74. The summed E-state index contributed by atoms with van der Waals surface area (Å²) in [6.07, 6.45) is 2.24. The van der Waals surface area contributed by atoms with Crippen molar-refractivity contribution < 1.29 is 23.9 Å². The van der Waals surface area contributed by atoms with Crippen LogP contribution in [-0.4, -0.2) is 41.2 Å². The molecule has 1 saturated carbocycles. The molecular weight excluding hydrogens is 384 g/mol. The molecule has 3 atom stereocenters. The van der Waals surface area contributed by atoms with Crippen molar-refractivity contribution in [3.8, 4) is 0 Å². The maximum Gasteiger partial charge on any atom is 0.308 e. The van der Waals surface area contributed by atoms with E-state index in [1.165, 1.54) is 11.8 Å². The number of anilines is 1. The maximum absolute atomic E-state index is 12.4. The molecule has 0 bridgehead atoms. The van der Waals surface area contributed by atoms with Gasteiger partial charge in [0, 0.05) is 17.3 Å². The van der Waals surface area contributed by atoms with Gasteiger partial charge < -0.3 is 10.1 Å². The fourth-order valence-corrected chi connectivity index (χ4v) is 3.87. The van der Waals surface area contributed by atoms with E-state index in [0.717, 1.165) is 25.7 Å². The summed E-state index contributed by atoms with van der Waals surface area (Å²) in [6.45, 7) is 1.46. The van der Waals surface area contributed by atoms with Gasteiger partial charge in [0.05, 0.1) is 18.3 Å². The molecule has 0 unspecified atom stereocenters. The molecule has 2 aliphatic rings. The van der Waals surface area contributed by atoms with Gasteiger partial charge in [-0.3, -0.25) is 24.1 Å². The van der Waals surface area contributed by atoms with Crippen LogP contribution in [0.15, 0.2) is 24.3 Å². The molecule has 1 aliphatic carbocycles. The van der Waals surface area contributed by atoms with Crippen LogP contribution in [0.1, 0.15) is 39.0 Å².